The Morgan fingerprint density at radius 3 is 3.00 bits per heavy atom. The van der Waals surface area contributed by atoms with E-state index in [0.29, 0.717) is 24.2 Å². The SMILES string of the molecule is CCOC(=O)c1nc(-c2ccc(O)c(C=O)c2)cs1. The highest BCUT2D eigenvalue weighted by atomic mass is 32.1. The predicted octanol–water partition coefficient (Wildman–Crippen LogP) is 2.50. The van der Waals surface area contributed by atoms with Crippen LogP contribution in [-0.2, 0) is 4.74 Å². The van der Waals surface area contributed by atoms with Gasteiger partial charge >= 0.3 is 5.97 Å². The van der Waals surface area contributed by atoms with Gasteiger partial charge in [-0.1, -0.05) is 0 Å². The molecule has 2 aromatic rings. The fourth-order valence-electron chi connectivity index (χ4n) is 1.50. The predicted molar refractivity (Wildman–Crippen MR) is 70.6 cm³/mol. The first kappa shape index (κ1) is 13.2. The lowest BCUT2D eigenvalue weighted by Crippen LogP contribution is -2.03. The largest absolute Gasteiger partial charge is 0.507 e. The van der Waals surface area contributed by atoms with Gasteiger partial charge < -0.3 is 9.84 Å². The van der Waals surface area contributed by atoms with Crippen LogP contribution in [-0.4, -0.2) is 29.0 Å². The highest BCUT2D eigenvalue weighted by molar-refractivity contribution is 7.11. The maximum absolute atomic E-state index is 11.5. The van der Waals surface area contributed by atoms with Gasteiger partial charge in [-0.25, -0.2) is 9.78 Å². The van der Waals surface area contributed by atoms with Crippen molar-refractivity contribution in [1.29, 1.82) is 0 Å². The summed E-state index contributed by atoms with van der Waals surface area (Å²) in [5.41, 5.74) is 1.41. The van der Waals surface area contributed by atoms with Gasteiger partial charge in [-0.05, 0) is 25.1 Å². The van der Waals surface area contributed by atoms with Gasteiger partial charge in [0.2, 0.25) is 5.01 Å². The zero-order valence-electron chi connectivity index (χ0n) is 10.1. The van der Waals surface area contributed by atoms with E-state index in [2.05, 4.69) is 4.98 Å². The Morgan fingerprint density at radius 1 is 1.53 bits per heavy atom. The zero-order chi connectivity index (χ0) is 13.8. The summed E-state index contributed by atoms with van der Waals surface area (Å²) in [5, 5.41) is 11.4. The number of aldehydes is 1. The molecule has 98 valence electrons. The van der Waals surface area contributed by atoms with Crippen LogP contribution in [0.4, 0.5) is 0 Å². The first-order chi connectivity index (χ1) is 9.15. The zero-order valence-corrected chi connectivity index (χ0v) is 10.9. The monoisotopic (exact) mass is 277 g/mol. The Bertz CT molecular complexity index is 621. The van der Waals surface area contributed by atoms with E-state index in [1.807, 2.05) is 0 Å². The van der Waals surface area contributed by atoms with Crippen molar-refractivity contribution in [2.75, 3.05) is 6.61 Å². The third kappa shape index (κ3) is 2.79. The van der Waals surface area contributed by atoms with E-state index < -0.39 is 5.97 Å². The molecule has 5 nitrogen and oxygen atoms in total. The van der Waals surface area contributed by atoms with Crippen molar-refractivity contribution < 1.29 is 19.4 Å². The Labute approximate surface area is 113 Å². The second kappa shape index (κ2) is 5.62. The van der Waals surface area contributed by atoms with E-state index in [-0.39, 0.29) is 16.3 Å². The minimum atomic E-state index is -0.465. The van der Waals surface area contributed by atoms with Gasteiger partial charge in [0.15, 0.2) is 6.29 Å². The lowest BCUT2D eigenvalue weighted by Gasteiger charge is -2.00. The van der Waals surface area contributed by atoms with Crippen molar-refractivity contribution in [1.82, 2.24) is 4.98 Å². The first-order valence-electron chi connectivity index (χ1n) is 5.57. The quantitative estimate of drug-likeness (QED) is 0.686. The van der Waals surface area contributed by atoms with Crippen molar-refractivity contribution >= 4 is 23.6 Å². The molecule has 0 spiro atoms. The number of esters is 1. The molecule has 0 atom stereocenters. The minimum Gasteiger partial charge on any atom is -0.507 e. The summed E-state index contributed by atoms with van der Waals surface area (Å²) in [6.07, 6.45) is 0.567. The van der Waals surface area contributed by atoms with Crippen LogP contribution in [0.2, 0.25) is 0 Å². The maximum atomic E-state index is 11.5. The average molecular weight is 277 g/mol. The first-order valence-corrected chi connectivity index (χ1v) is 6.45. The summed E-state index contributed by atoms with van der Waals surface area (Å²) in [6, 6.07) is 4.57. The number of carbonyl (C=O) groups excluding carboxylic acids is 2. The molecular formula is C13H11NO4S. The number of thiazole rings is 1. The third-order valence-corrected chi connectivity index (χ3v) is 3.23. The van der Waals surface area contributed by atoms with Gasteiger partial charge in [0.05, 0.1) is 17.9 Å². The van der Waals surface area contributed by atoms with Crippen molar-refractivity contribution in [3.63, 3.8) is 0 Å². The summed E-state index contributed by atoms with van der Waals surface area (Å²) in [7, 11) is 0. The molecule has 0 bridgehead atoms. The van der Waals surface area contributed by atoms with Crippen LogP contribution in [0.3, 0.4) is 0 Å². The van der Waals surface area contributed by atoms with E-state index in [4.69, 9.17) is 4.74 Å². The molecule has 0 fully saturated rings. The van der Waals surface area contributed by atoms with Crippen molar-refractivity contribution in [2.24, 2.45) is 0 Å². The number of aromatic hydroxyl groups is 1. The van der Waals surface area contributed by atoms with Gasteiger partial charge in [-0.15, -0.1) is 11.3 Å². The number of hydrogen-bond donors (Lipinski definition) is 1. The summed E-state index contributed by atoms with van der Waals surface area (Å²) < 4.78 is 4.85. The van der Waals surface area contributed by atoms with Crippen LogP contribution in [0.1, 0.15) is 27.1 Å². The van der Waals surface area contributed by atoms with Gasteiger partial charge in [-0.2, -0.15) is 0 Å². The maximum Gasteiger partial charge on any atom is 0.367 e. The summed E-state index contributed by atoms with van der Waals surface area (Å²) >= 11 is 1.17. The number of aromatic nitrogens is 1. The Hall–Kier alpha value is -2.21. The molecule has 0 radical (unpaired) electrons. The fourth-order valence-corrected chi connectivity index (χ4v) is 2.22. The van der Waals surface area contributed by atoms with Crippen LogP contribution in [0.5, 0.6) is 5.75 Å². The molecule has 2 rings (SSSR count). The minimum absolute atomic E-state index is 0.0837. The van der Waals surface area contributed by atoms with E-state index in [1.54, 1.807) is 18.4 Å². The summed E-state index contributed by atoms with van der Waals surface area (Å²) in [6.45, 7) is 2.02. The van der Waals surface area contributed by atoms with Gasteiger partial charge in [0.1, 0.15) is 5.75 Å². The molecule has 0 aliphatic heterocycles. The molecule has 0 amide bonds. The second-order valence-corrected chi connectivity index (χ2v) is 4.51. The van der Waals surface area contributed by atoms with Crippen LogP contribution in [0, 0.1) is 0 Å². The van der Waals surface area contributed by atoms with Crippen molar-refractivity contribution in [2.45, 2.75) is 6.92 Å². The van der Waals surface area contributed by atoms with E-state index in [9.17, 15) is 14.7 Å². The number of benzene rings is 1. The van der Waals surface area contributed by atoms with Crippen LogP contribution in [0.15, 0.2) is 23.6 Å². The molecule has 19 heavy (non-hydrogen) atoms. The molecule has 0 unspecified atom stereocenters. The standard InChI is InChI=1S/C13H11NO4S/c1-2-18-13(17)12-14-10(7-19-12)8-3-4-11(16)9(5-8)6-15/h3-7,16H,2H2,1H3. The van der Waals surface area contributed by atoms with E-state index in [0.717, 1.165) is 0 Å². The van der Waals surface area contributed by atoms with Crippen LogP contribution >= 0.6 is 11.3 Å². The van der Waals surface area contributed by atoms with Gasteiger partial charge in [0.25, 0.3) is 0 Å². The highest BCUT2D eigenvalue weighted by Crippen LogP contribution is 2.26. The topological polar surface area (TPSA) is 76.5 Å². The molecule has 0 saturated heterocycles. The molecule has 1 aromatic carbocycles. The number of nitrogens with zero attached hydrogens (tertiary/aromatic N) is 1. The number of carbonyl (C=O) groups is 2. The summed E-state index contributed by atoms with van der Waals surface area (Å²) in [4.78, 5) is 26.4. The Morgan fingerprint density at radius 2 is 2.32 bits per heavy atom. The lowest BCUT2D eigenvalue weighted by atomic mass is 10.1. The normalized spacial score (nSPS) is 10.2. The van der Waals surface area contributed by atoms with Crippen molar-refractivity contribution in [3.05, 3.63) is 34.2 Å². The molecule has 6 heteroatoms. The number of hydrogen-bond acceptors (Lipinski definition) is 6. The Kier molecular flexibility index (Phi) is 3.91. The second-order valence-electron chi connectivity index (χ2n) is 3.65. The van der Waals surface area contributed by atoms with Gasteiger partial charge in [0, 0.05) is 10.9 Å². The summed E-state index contributed by atoms with van der Waals surface area (Å²) in [5.74, 6) is -0.548. The van der Waals surface area contributed by atoms with Crippen LogP contribution < -0.4 is 0 Å². The Balaban J connectivity index is 2.32. The lowest BCUT2D eigenvalue weighted by molar-refractivity contribution is 0.0526. The smallest absolute Gasteiger partial charge is 0.367 e. The van der Waals surface area contributed by atoms with Gasteiger partial charge in [-0.3, -0.25) is 4.79 Å². The molecular weight excluding hydrogens is 266 g/mol. The number of phenolic OH excluding ortho intramolecular Hbond substituents is 1. The molecule has 1 aromatic heterocycles. The van der Waals surface area contributed by atoms with Crippen LogP contribution in [0.25, 0.3) is 11.3 Å². The van der Waals surface area contributed by atoms with Crippen molar-refractivity contribution in [3.8, 4) is 17.0 Å². The average Bonchev–Trinajstić information content (AvgIpc) is 2.89. The number of phenols is 1. The molecule has 1 N–H and O–H groups in total. The molecule has 0 saturated carbocycles. The third-order valence-electron chi connectivity index (χ3n) is 2.40. The number of ether oxygens (including phenoxy) is 1. The molecule has 1 heterocycles. The molecule has 0 aliphatic carbocycles. The highest BCUT2D eigenvalue weighted by Gasteiger charge is 2.13. The molecule has 0 aliphatic rings. The fraction of sp³-hybridized carbons (Fsp3) is 0.154. The number of rotatable bonds is 4. The van der Waals surface area contributed by atoms with E-state index >= 15 is 0 Å². The van der Waals surface area contributed by atoms with E-state index in [1.165, 1.54) is 23.5 Å².